The van der Waals surface area contributed by atoms with Gasteiger partial charge in [0.05, 0.1) is 23.7 Å². The minimum absolute atomic E-state index is 0.0355. The molecule has 1 aromatic carbocycles. The van der Waals surface area contributed by atoms with E-state index in [1.165, 1.54) is 18.7 Å². The lowest BCUT2D eigenvalue weighted by atomic mass is 10.1. The molecule has 1 aliphatic heterocycles. The molecule has 0 spiro atoms. The highest BCUT2D eigenvalue weighted by Crippen LogP contribution is 2.23. The van der Waals surface area contributed by atoms with Gasteiger partial charge >= 0.3 is 5.69 Å². The van der Waals surface area contributed by atoms with Crippen LogP contribution in [0.15, 0.2) is 39.9 Å². The van der Waals surface area contributed by atoms with E-state index in [-0.39, 0.29) is 22.5 Å². The molecule has 178 valence electrons. The van der Waals surface area contributed by atoms with Gasteiger partial charge in [-0.15, -0.1) is 0 Å². The maximum atomic E-state index is 13.5. The van der Waals surface area contributed by atoms with Crippen molar-refractivity contribution in [3.8, 4) is 5.75 Å². The van der Waals surface area contributed by atoms with Crippen molar-refractivity contribution in [2.24, 2.45) is 7.05 Å². The molecule has 0 unspecified atom stereocenters. The summed E-state index contributed by atoms with van der Waals surface area (Å²) < 4.78 is 7.26. The topological polar surface area (TPSA) is 116 Å². The fraction of sp³-hybridized carbons (Fsp3) is 0.375. The van der Waals surface area contributed by atoms with Gasteiger partial charge in [0.25, 0.3) is 11.5 Å². The van der Waals surface area contributed by atoms with E-state index in [4.69, 9.17) is 4.74 Å². The number of pyridine rings is 1. The Morgan fingerprint density at radius 2 is 1.82 bits per heavy atom. The molecule has 1 aliphatic rings. The Morgan fingerprint density at radius 1 is 1.12 bits per heavy atom. The van der Waals surface area contributed by atoms with Crippen molar-refractivity contribution in [1.29, 1.82) is 0 Å². The molecule has 1 N–H and O–H groups in total. The molecule has 0 saturated carbocycles. The van der Waals surface area contributed by atoms with Gasteiger partial charge in [0.1, 0.15) is 17.9 Å². The number of para-hydroxylation sites is 2. The van der Waals surface area contributed by atoms with Gasteiger partial charge in [-0.2, -0.15) is 0 Å². The molecule has 0 bridgehead atoms. The number of nitrogens with one attached hydrogen (secondary N) is 1. The van der Waals surface area contributed by atoms with Crippen LogP contribution in [0.25, 0.3) is 11.0 Å². The highest BCUT2D eigenvalue weighted by Gasteiger charge is 2.25. The molecule has 2 aromatic heterocycles. The van der Waals surface area contributed by atoms with E-state index >= 15 is 0 Å². The molecule has 10 nitrogen and oxygen atoms in total. The molecule has 4 rings (SSSR count). The first-order valence-electron chi connectivity index (χ1n) is 11.1. The minimum atomic E-state index is -0.721. The largest absolute Gasteiger partial charge is 0.495 e. The van der Waals surface area contributed by atoms with Gasteiger partial charge in [-0.3, -0.25) is 23.5 Å². The summed E-state index contributed by atoms with van der Waals surface area (Å²) in [6.07, 6.45) is 2.86. The van der Waals surface area contributed by atoms with Crippen molar-refractivity contribution in [1.82, 2.24) is 19.0 Å². The first kappa shape index (κ1) is 23.2. The predicted molar refractivity (Wildman–Crippen MR) is 127 cm³/mol. The van der Waals surface area contributed by atoms with Gasteiger partial charge in [-0.05, 0) is 44.4 Å². The molecule has 0 aliphatic carbocycles. The third-order valence-corrected chi connectivity index (χ3v) is 5.98. The second kappa shape index (κ2) is 9.50. The number of fused-ring (bicyclic) bond motifs is 1. The van der Waals surface area contributed by atoms with E-state index in [2.05, 4.69) is 10.3 Å². The number of hydrogen-bond donors (Lipinski definition) is 1. The normalized spacial score (nSPS) is 13.7. The molecule has 1 fully saturated rings. The van der Waals surface area contributed by atoms with Crippen LogP contribution in [-0.2, 0) is 18.4 Å². The van der Waals surface area contributed by atoms with Crippen molar-refractivity contribution in [2.75, 3.05) is 25.5 Å². The molecule has 34 heavy (non-hydrogen) atoms. The lowest BCUT2D eigenvalue weighted by Crippen LogP contribution is -2.43. The van der Waals surface area contributed by atoms with Crippen LogP contribution in [0.4, 0.5) is 5.69 Å². The lowest BCUT2D eigenvalue weighted by molar-refractivity contribution is -0.116. The Kier molecular flexibility index (Phi) is 6.49. The van der Waals surface area contributed by atoms with E-state index in [0.29, 0.717) is 30.2 Å². The number of anilines is 1. The Morgan fingerprint density at radius 3 is 2.53 bits per heavy atom. The summed E-state index contributed by atoms with van der Waals surface area (Å²) in [7, 11) is 2.95. The van der Waals surface area contributed by atoms with Gasteiger partial charge < -0.3 is 15.0 Å². The maximum Gasteiger partial charge on any atom is 0.332 e. The number of methoxy groups -OCH3 is 1. The molecular formula is C24H27N5O5. The summed E-state index contributed by atoms with van der Waals surface area (Å²) in [6, 6.07) is 8.40. The van der Waals surface area contributed by atoms with Gasteiger partial charge in [0.15, 0.2) is 0 Å². The number of nitrogens with zero attached hydrogens (tertiary/aromatic N) is 4. The number of ether oxygens (including phenoxy) is 1. The van der Waals surface area contributed by atoms with Crippen LogP contribution >= 0.6 is 0 Å². The van der Waals surface area contributed by atoms with Crippen molar-refractivity contribution < 1.29 is 14.3 Å². The first-order valence-corrected chi connectivity index (χ1v) is 11.1. The zero-order valence-electron chi connectivity index (χ0n) is 19.5. The van der Waals surface area contributed by atoms with Crippen LogP contribution in [0, 0.1) is 6.92 Å². The summed E-state index contributed by atoms with van der Waals surface area (Å²) in [4.78, 5) is 58.6. The summed E-state index contributed by atoms with van der Waals surface area (Å²) >= 11 is 0. The molecule has 10 heteroatoms. The zero-order chi connectivity index (χ0) is 24.4. The fourth-order valence-electron chi connectivity index (χ4n) is 4.26. The van der Waals surface area contributed by atoms with Crippen LogP contribution in [0.5, 0.6) is 5.75 Å². The average Bonchev–Trinajstić information content (AvgIpc) is 2.85. The maximum absolute atomic E-state index is 13.5. The molecule has 2 amide bonds. The molecule has 0 radical (unpaired) electrons. The predicted octanol–water partition coefficient (Wildman–Crippen LogP) is 1.68. The van der Waals surface area contributed by atoms with Gasteiger partial charge in [-0.25, -0.2) is 9.78 Å². The molecule has 0 atom stereocenters. The van der Waals surface area contributed by atoms with Crippen LogP contribution < -0.4 is 21.3 Å². The number of benzene rings is 1. The van der Waals surface area contributed by atoms with E-state index in [1.807, 2.05) is 0 Å². The Labute approximate surface area is 195 Å². The Bertz CT molecular complexity index is 1380. The zero-order valence-corrected chi connectivity index (χ0v) is 19.5. The summed E-state index contributed by atoms with van der Waals surface area (Å²) in [6.45, 7) is 2.42. The number of amides is 2. The average molecular weight is 466 g/mol. The highest BCUT2D eigenvalue weighted by molar-refractivity contribution is 6.05. The van der Waals surface area contributed by atoms with Crippen molar-refractivity contribution >= 4 is 28.5 Å². The highest BCUT2D eigenvalue weighted by atomic mass is 16.5. The lowest BCUT2D eigenvalue weighted by Gasteiger charge is -2.27. The first-order chi connectivity index (χ1) is 16.3. The number of aromatic nitrogens is 3. The van der Waals surface area contributed by atoms with Gasteiger partial charge in [0.2, 0.25) is 5.91 Å². The number of rotatable bonds is 5. The molecule has 1 saturated heterocycles. The molecule has 3 heterocycles. The number of carbonyl (C=O) groups excluding carboxylic acids is 2. The Balaban J connectivity index is 1.78. The number of aryl methyl sites for hydroxylation is 2. The van der Waals surface area contributed by atoms with Crippen molar-refractivity contribution in [3.05, 3.63) is 62.4 Å². The summed E-state index contributed by atoms with van der Waals surface area (Å²) in [5, 5.41) is 2.70. The smallest absolute Gasteiger partial charge is 0.332 e. The fourth-order valence-corrected chi connectivity index (χ4v) is 4.26. The van der Waals surface area contributed by atoms with Crippen LogP contribution in [0.1, 0.15) is 35.3 Å². The number of hydrogen-bond acceptors (Lipinski definition) is 6. The van der Waals surface area contributed by atoms with E-state index in [9.17, 15) is 19.2 Å². The summed E-state index contributed by atoms with van der Waals surface area (Å²) in [5.74, 6) is -0.397. The second-order valence-electron chi connectivity index (χ2n) is 8.34. The minimum Gasteiger partial charge on any atom is -0.495 e. The third kappa shape index (κ3) is 4.30. The van der Waals surface area contributed by atoms with Crippen LogP contribution in [-0.4, -0.2) is 51.0 Å². The van der Waals surface area contributed by atoms with E-state index < -0.39 is 23.7 Å². The number of piperidine rings is 1. The van der Waals surface area contributed by atoms with Crippen LogP contribution in [0.2, 0.25) is 0 Å². The molecule has 3 aromatic rings. The van der Waals surface area contributed by atoms with Gasteiger partial charge in [-0.1, -0.05) is 12.1 Å². The monoisotopic (exact) mass is 465 g/mol. The third-order valence-electron chi connectivity index (χ3n) is 5.98. The van der Waals surface area contributed by atoms with E-state index in [0.717, 1.165) is 23.8 Å². The van der Waals surface area contributed by atoms with Gasteiger partial charge in [0, 0.05) is 25.8 Å². The standard InChI is InChI=1S/C24H27N5O5/c1-15-13-16(22(31)28-11-7-4-8-12-28)20-21(25-15)27(2)24(33)29(23(20)32)14-19(30)26-17-9-5-6-10-18(17)34-3/h5-6,9-10,13H,4,7-8,11-12,14H2,1-3H3,(H,26,30). The van der Waals surface area contributed by atoms with Crippen molar-refractivity contribution in [2.45, 2.75) is 32.7 Å². The number of carbonyl (C=O) groups is 2. The van der Waals surface area contributed by atoms with Crippen LogP contribution in [0.3, 0.4) is 0 Å². The molecular weight excluding hydrogens is 438 g/mol. The van der Waals surface area contributed by atoms with Crippen molar-refractivity contribution in [3.63, 3.8) is 0 Å². The quantitative estimate of drug-likeness (QED) is 0.613. The SMILES string of the molecule is COc1ccccc1NC(=O)Cn1c(=O)c2c(C(=O)N3CCCCC3)cc(C)nc2n(C)c1=O. The summed E-state index contributed by atoms with van der Waals surface area (Å²) in [5.41, 5.74) is -0.156. The van der Waals surface area contributed by atoms with E-state index in [1.54, 1.807) is 42.2 Å². The Hall–Kier alpha value is -3.95. The number of likely N-dealkylation sites (tertiary alicyclic amines) is 1. The second-order valence-corrected chi connectivity index (χ2v) is 8.34.